The van der Waals surface area contributed by atoms with Gasteiger partial charge in [0.25, 0.3) is 0 Å². The van der Waals surface area contributed by atoms with Gasteiger partial charge in [0.2, 0.25) is 11.8 Å². The molecule has 5 heteroatoms. The zero-order valence-electron chi connectivity index (χ0n) is 20.0. The number of hydrogen-bond donors (Lipinski definition) is 1. The molecule has 0 atom stereocenters. The van der Waals surface area contributed by atoms with Gasteiger partial charge in [-0.1, -0.05) is 66.7 Å². The quantitative estimate of drug-likeness (QED) is 0.570. The van der Waals surface area contributed by atoms with E-state index in [0.29, 0.717) is 19.0 Å². The van der Waals surface area contributed by atoms with Crippen LogP contribution in [0.25, 0.3) is 0 Å². The van der Waals surface area contributed by atoms with E-state index in [4.69, 9.17) is 4.98 Å². The SMILES string of the molecule is CC(C)(NC(=O)Cc1ccccc1)C(=O)N1CCC(c2cccc(Cc3ccccc3)n2)CC1. The number of rotatable bonds is 7. The van der Waals surface area contributed by atoms with Gasteiger partial charge in [0.1, 0.15) is 5.54 Å². The zero-order valence-corrected chi connectivity index (χ0v) is 20.0. The molecule has 1 saturated heterocycles. The van der Waals surface area contributed by atoms with Crippen molar-refractivity contribution >= 4 is 11.8 Å². The highest BCUT2D eigenvalue weighted by molar-refractivity contribution is 5.91. The average Bonchev–Trinajstić information content (AvgIpc) is 2.85. The second-order valence-corrected chi connectivity index (χ2v) is 9.62. The third-order valence-corrected chi connectivity index (χ3v) is 6.45. The van der Waals surface area contributed by atoms with Crippen LogP contribution in [0.3, 0.4) is 0 Å². The fourth-order valence-corrected chi connectivity index (χ4v) is 4.63. The summed E-state index contributed by atoms with van der Waals surface area (Å²) in [6.07, 6.45) is 2.84. The van der Waals surface area contributed by atoms with E-state index >= 15 is 0 Å². The first kappa shape index (κ1) is 23.7. The van der Waals surface area contributed by atoms with Crippen LogP contribution in [0.15, 0.2) is 78.9 Å². The normalized spacial score (nSPS) is 14.6. The highest BCUT2D eigenvalue weighted by atomic mass is 16.2. The molecular formula is C29H33N3O2. The predicted molar refractivity (Wildman–Crippen MR) is 134 cm³/mol. The minimum atomic E-state index is -0.938. The summed E-state index contributed by atoms with van der Waals surface area (Å²) in [4.78, 5) is 32.5. The van der Waals surface area contributed by atoms with E-state index in [0.717, 1.165) is 36.2 Å². The Hall–Kier alpha value is -3.47. The molecule has 2 heterocycles. The molecule has 34 heavy (non-hydrogen) atoms. The number of carbonyl (C=O) groups is 2. The van der Waals surface area contributed by atoms with Gasteiger partial charge in [0.15, 0.2) is 0 Å². The summed E-state index contributed by atoms with van der Waals surface area (Å²) in [5.74, 6) is 0.174. The Morgan fingerprint density at radius 2 is 1.50 bits per heavy atom. The maximum Gasteiger partial charge on any atom is 0.247 e. The van der Waals surface area contributed by atoms with Gasteiger partial charge in [-0.3, -0.25) is 14.6 Å². The lowest BCUT2D eigenvalue weighted by atomic mass is 9.91. The summed E-state index contributed by atoms with van der Waals surface area (Å²) in [6.45, 7) is 4.93. The molecule has 0 radical (unpaired) electrons. The van der Waals surface area contributed by atoms with Crippen molar-refractivity contribution in [2.75, 3.05) is 13.1 Å². The molecule has 1 aliphatic rings. The first-order valence-corrected chi connectivity index (χ1v) is 12.0. The number of likely N-dealkylation sites (tertiary alicyclic amines) is 1. The van der Waals surface area contributed by atoms with E-state index in [1.54, 1.807) is 13.8 Å². The van der Waals surface area contributed by atoms with Crippen molar-refractivity contribution in [1.29, 1.82) is 0 Å². The average molecular weight is 456 g/mol. The van der Waals surface area contributed by atoms with Crippen molar-refractivity contribution in [3.8, 4) is 0 Å². The standard InChI is InChI=1S/C29H33N3O2/c1-29(2,31-27(33)21-23-12-7-4-8-13-23)28(34)32-18-16-24(17-19-32)26-15-9-14-25(30-26)20-22-10-5-3-6-11-22/h3-15,24H,16-21H2,1-2H3,(H,31,33). The van der Waals surface area contributed by atoms with Crippen LogP contribution in [0.2, 0.25) is 0 Å². The lowest BCUT2D eigenvalue weighted by Crippen LogP contribution is -2.57. The van der Waals surface area contributed by atoms with Gasteiger partial charge in [-0.05, 0) is 49.9 Å². The van der Waals surface area contributed by atoms with E-state index < -0.39 is 5.54 Å². The summed E-state index contributed by atoms with van der Waals surface area (Å²) >= 11 is 0. The van der Waals surface area contributed by atoms with Gasteiger partial charge in [-0.15, -0.1) is 0 Å². The topological polar surface area (TPSA) is 62.3 Å². The molecule has 5 nitrogen and oxygen atoms in total. The van der Waals surface area contributed by atoms with Crippen molar-refractivity contribution in [2.24, 2.45) is 0 Å². The van der Waals surface area contributed by atoms with Crippen LogP contribution in [-0.4, -0.2) is 40.3 Å². The predicted octanol–water partition coefficient (Wildman–Crippen LogP) is 4.52. The van der Waals surface area contributed by atoms with Gasteiger partial charge in [-0.2, -0.15) is 0 Å². The largest absolute Gasteiger partial charge is 0.342 e. The van der Waals surface area contributed by atoms with E-state index in [1.807, 2.05) is 41.3 Å². The van der Waals surface area contributed by atoms with Gasteiger partial charge < -0.3 is 10.2 Å². The number of nitrogens with zero attached hydrogens (tertiary/aromatic N) is 2. The number of amides is 2. The van der Waals surface area contributed by atoms with Crippen molar-refractivity contribution in [2.45, 2.75) is 51.0 Å². The third-order valence-electron chi connectivity index (χ3n) is 6.45. The lowest BCUT2D eigenvalue weighted by Gasteiger charge is -2.37. The first-order chi connectivity index (χ1) is 16.4. The summed E-state index contributed by atoms with van der Waals surface area (Å²) in [5, 5.41) is 2.93. The molecule has 2 amide bonds. The molecule has 0 aliphatic carbocycles. The summed E-state index contributed by atoms with van der Waals surface area (Å²) in [6, 6.07) is 26.2. The number of aromatic nitrogens is 1. The highest BCUT2D eigenvalue weighted by Gasteiger charge is 2.35. The second-order valence-electron chi connectivity index (χ2n) is 9.62. The molecule has 0 spiro atoms. The molecule has 2 aromatic carbocycles. The van der Waals surface area contributed by atoms with Crippen molar-refractivity contribution in [3.05, 3.63) is 101 Å². The van der Waals surface area contributed by atoms with Crippen LogP contribution in [-0.2, 0) is 22.4 Å². The minimum absolute atomic E-state index is 0.0295. The van der Waals surface area contributed by atoms with Crippen molar-refractivity contribution < 1.29 is 9.59 Å². The van der Waals surface area contributed by atoms with E-state index in [2.05, 4.69) is 47.8 Å². The molecule has 1 fully saturated rings. The molecule has 176 valence electrons. The molecule has 0 bridgehead atoms. The maximum absolute atomic E-state index is 13.2. The van der Waals surface area contributed by atoms with Crippen LogP contribution in [0.1, 0.15) is 55.1 Å². The van der Waals surface area contributed by atoms with Gasteiger partial charge >= 0.3 is 0 Å². The molecule has 1 aliphatic heterocycles. The van der Waals surface area contributed by atoms with E-state index in [1.165, 1.54) is 5.56 Å². The number of nitrogens with one attached hydrogen (secondary N) is 1. The van der Waals surface area contributed by atoms with Crippen LogP contribution >= 0.6 is 0 Å². The van der Waals surface area contributed by atoms with Gasteiger partial charge in [-0.25, -0.2) is 0 Å². The molecule has 0 unspecified atom stereocenters. The monoisotopic (exact) mass is 455 g/mol. The second kappa shape index (κ2) is 10.6. The number of benzene rings is 2. The fraction of sp³-hybridized carbons (Fsp3) is 0.345. The zero-order chi connectivity index (χ0) is 24.0. The Kier molecular flexibility index (Phi) is 7.41. The van der Waals surface area contributed by atoms with Crippen LogP contribution in [0.4, 0.5) is 0 Å². The fourth-order valence-electron chi connectivity index (χ4n) is 4.63. The number of piperidine rings is 1. The Bertz CT molecular complexity index is 1100. The van der Waals surface area contributed by atoms with Crippen molar-refractivity contribution in [3.63, 3.8) is 0 Å². The molecule has 0 saturated carbocycles. The third kappa shape index (κ3) is 6.10. The van der Waals surface area contributed by atoms with Crippen LogP contribution in [0.5, 0.6) is 0 Å². The first-order valence-electron chi connectivity index (χ1n) is 12.0. The van der Waals surface area contributed by atoms with E-state index in [-0.39, 0.29) is 18.2 Å². The minimum Gasteiger partial charge on any atom is -0.342 e. The number of hydrogen-bond acceptors (Lipinski definition) is 3. The number of pyridine rings is 1. The Balaban J connectivity index is 1.31. The molecule has 3 aromatic rings. The molecule has 4 rings (SSSR count). The van der Waals surface area contributed by atoms with Gasteiger partial charge in [0.05, 0.1) is 6.42 Å². The Labute approximate surface area is 202 Å². The van der Waals surface area contributed by atoms with Crippen LogP contribution in [0, 0.1) is 0 Å². The summed E-state index contributed by atoms with van der Waals surface area (Å²) < 4.78 is 0. The Morgan fingerprint density at radius 3 is 2.15 bits per heavy atom. The van der Waals surface area contributed by atoms with E-state index in [9.17, 15) is 9.59 Å². The molecule has 1 aromatic heterocycles. The van der Waals surface area contributed by atoms with Gasteiger partial charge in [0, 0.05) is 36.8 Å². The molecular weight excluding hydrogens is 422 g/mol. The molecule has 1 N–H and O–H groups in total. The number of carbonyl (C=O) groups excluding carboxylic acids is 2. The van der Waals surface area contributed by atoms with Crippen molar-refractivity contribution in [1.82, 2.24) is 15.2 Å². The Morgan fingerprint density at radius 1 is 0.882 bits per heavy atom. The maximum atomic E-state index is 13.2. The van der Waals surface area contributed by atoms with Crippen LogP contribution < -0.4 is 5.32 Å². The lowest BCUT2D eigenvalue weighted by molar-refractivity contribution is -0.141. The smallest absolute Gasteiger partial charge is 0.247 e. The highest BCUT2D eigenvalue weighted by Crippen LogP contribution is 2.28. The summed E-state index contributed by atoms with van der Waals surface area (Å²) in [7, 11) is 0. The summed E-state index contributed by atoms with van der Waals surface area (Å²) in [5.41, 5.74) is 3.43.